The van der Waals surface area contributed by atoms with Crippen molar-refractivity contribution in [3.05, 3.63) is 26.7 Å². The lowest BCUT2D eigenvalue weighted by Gasteiger charge is -2.30. The maximum absolute atomic E-state index is 12.5. The fourth-order valence-corrected chi connectivity index (χ4v) is 4.26. The van der Waals surface area contributed by atoms with Crippen molar-refractivity contribution in [1.82, 2.24) is 29.3 Å². The van der Waals surface area contributed by atoms with Gasteiger partial charge in [-0.1, -0.05) is 13.3 Å². The lowest BCUT2D eigenvalue weighted by Crippen LogP contribution is -2.40. The third kappa shape index (κ3) is 6.32. The number of carbonyl (C=O) groups is 1. The van der Waals surface area contributed by atoms with Crippen LogP contribution in [0.15, 0.2) is 9.59 Å². The number of fused-ring (bicyclic) bond motifs is 1. The number of likely N-dealkylation sites (tertiary alicyclic amines) is 1. The van der Waals surface area contributed by atoms with Gasteiger partial charge in [-0.05, 0) is 52.6 Å². The van der Waals surface area contributed by atoms with Gasteiger partial charge in [-0.25, -0.2) is 9.78 Å². The number of aromatic nitrogens is 4. The maximum atomic E-state index is 12.5. The molecule has 0 atom stereocenters. The minimum atomic E-state index is -0.409. The molecule has 1 fully saturated rings. The molecule has 10 nitrogen and oxygen atoms in total. The second-order valence-corrected chi connectivity index (χ2v) is 9.14. The van der Waals surface area contributed by atoms with E-state index in [2.05, 4.69) is 27.1 Å². The fourth-order valence-electron chi connectivity index (χ4n) is 4.26. The highest BCUT2D eigenvalue weighted by Crippen LogP contribution is 2.20. The zero-order valence-corrected chi connectivity index (χ0v) is 20.4. The van der Waals surface area contributed by atoms with E-state index in [9.17, 15) is 14.4 Å². The summed E-state index contributed by atoms with van der Waals surface area (Å²) in [7, 11) is 1.82. The van der Waals surface area contributed by atoms with E-state index >= 15 is 0 Å². The van der Waals surface area contributed by atoms with Gasteiger partial charge in [0, 0.05) is 32.7 Å². The molecule has 0 bridgehead atoms. The molecular formula is C23H38N6O4. The number of imidazole rings is 1. The Morgan fingerprint density at radius 3 is 2.64 bits per heavy atom. The van der Waals surface area contributed by atoms with Gasteiger partial charge in [0.2, 0.25) is 5.91 Å². The topological polar surface area (TPSA) is 114 Å². The molecule has 0 saturated carbocycles. The van der Waals surface area contributed by atoms with Gasteiger partial charge < -0.3 is 14.6 Å². The molecule has 1 amide bonds. The summed E-state index contributed by atoms with van der Waals surface area (Å²) >= 11 is 0. The summed E-state index contributed by atoms with van der Waals surface area (Å²) < 4.78 is 8.85. The predicted octanol–water partition coefficient (Wildman–Crippen LogP) is 1.37. The molecule has 1 saturated heterocycles. The van der Waals surface area contributed by atoms with Gasteiger partial charge in [0.15, 0.2) is 11.2 Å². The Bertz CT molecular complexity index is 1050. The summed E-state index contributed by atoms with van der Waals surface area (Å²) in [6, 6.07) is 0. The maximum Gasteiger partial charge on any atom is 0.330 e. The number of aromatic amines is 1. The molecule has 0 aromatic carbocycles. The quantitative estimate of drug-likeness (QED) is 0.488. The van der Waals surface area contributed by atoms with E-state index in [0.717, 1.165) is 51.0 Å². The second-order valence-electron chi connectivity index (χ2n) is 9.14. The van der Waals surface area contributed by atoms with Crippen molar-refractivity contribution in [2.45, 2.75) is 72.1 Å². The fraction of sp³-hybridized carbons (Fsp3) is 0.739. The Hall–Kier alpha value is -2.46. The monoisotopic (exact) mass is 462 g/mol. The van der Waals surface area contributed by atoms with E-state index in [1.54, 1.807) is 9.13 Å². The van der Waals surface area contributed by atoms with E-state index in [0.29, 0.717) is 37.4 Å². The molecule has 1 aliphatic heterocycles. The molecule has 2 N–H and O–H groups in total. The smallest absolute Gasteiger partial charge is 0.330 e. The van der Waals surface area contributed by atoms with E-state index in [-0.39, 0.29) is 17.9 Å². The molecule has 0 spiro atoms. The number of amides is 1. The zero-order chi connectivity index (χ0) is 24.0. The number of carbonyl (C=O) groups excluding carboxylic acids is 1. The zero-order valence-electron chi connectivity index (χ0n) is 20.4. The first kappa shape index (κ1) is 25.2. The molecule has 3 heterocycles. The average Bonchev–Trinajstić information content (AvgIpc) is 3.09. The lowest BCUT2D eigenvalue weighted by molar-refractivity contribution is -0.126. The van der Waals surface area contributed by atoms with Crippen LogP contribution in [0.5, 0.6) is 0 Å². The Morgan fingerprint density at radius 2 is 1.97 bits per heavy atom. The normalized spacial score (nSPS) is 15.5. The van der Waals surface area contributed by atoms with Gasteiger partial charge in [0.1, 0.15) is 5.82 Å². The molecule has 33 heavy (non-hydrogen) atoms. The number of H-pyrrole nitrogens is 1. The highest BCUT2D eigenvalue weighted by molar-refractivity contribution is 5.78. The van der Waals surface area contributed by atoms with Crippen LogP contribution in [-0.4, -0.2) is 62.3 Å². The number of unbranched alkanes of at least 4 members (excludes halogenated alkanes) is 1. The molecule has 0 unspecified atom stereocenters. The summed E-state index contributed by atoms with van der Waals surface area (Å²) in [6.07, 6.45) is 4.40. The number of aryl methyl sites for hydroxylation is 2. The largest absolute Gasteiger partial charge is 0.379 e. The number of nitrogens with zero attached hydrogens (tertiary/aromatic N) is 4. The molecule has 10 heteroatoms. The van der Waals surface area contributed by atoms with E-state index < -0.39 is 11.2 Å². The number of piperidine rings is 1. The van der Waals surface area contributed by atoms with Gasteiger partial charge in [-0.2, -0.15) is 0 Å². The van der Waals surface area contributed by atoms with Crippen molar-refractivity contribution in [3.63, 3.8) is 0 Å². The average molecular weight is 463 g/mol. The van der Waals surface area contributed by atoms with E-state index in [4.69, 9.17) is 4.74 Å². The van der Waals surface area contributed by atoms with Crippen LogP contribution in [0, 0.1) is 5.92 Å². The van der Waals surface area contributed by atoms with Crippen LogP contribution >= 0.6 is 0 Å². The van der Waals surface area contributed by atoms with Crippen LogP contribution in [-0.2, 0) is 29.7 Å². The van der Waals surface area contributed by atoms with Crippen LogP contribution in [0.3, 0.4) is 0 Å². The molecular weight excluding hydrogens is 424 g/mol. The molecule has 3 rings (SSSR count). The van der Waals surface area contributed by atoms with Crippen LogP contribution < -0.4 is 16.6 Å². The molecule has 0 radical (unpaired) electrons. The molecule has 184 valence electrons. The van der Waals surface area contributed by atoms with Crippen molar-refractivity contribution in [1.29, 1.82) is 0 Å². The van der Waals surface area contributed by atoms with E-state index in [1.807, 2.05) is 20.9 Å². The van der Waals surface area contributed by atoms with Gasteiger partial charge >= 0.3 is 5.69 Å². The predicted molar refractivity (Wildman–Crippen MR) is 127 cm³/mol. The Kier molecular flexibility index (Phi) is 8.85. The van der Waals surface area contributed by atoms with Crippen molar-refractivity contribution in [3.8, 4) is 0 Å². The van der Waals surface area contributed by atoms with Crippen molar-refractivity contribution in [2.24, 2.45) is 13.0 Å². The first-order chi connectivity index (χ1) is 15.8. The standard InChI is InChI=1S/C23H38N6O4/c1-5-6-11-29-20-19(22(31)26-23(29)32)27(4)18(25-20)15-28-12-8-17(9-13-28)21(30)24-10-7-14-33-16(2)3/h16-17H,5-15H2,1-4H3,(H,24,30)(H,26,31,32). The summed E-state index contributed by atoms with van der Waals surface area (Å²) in [5.41, 5.74) is 0.0631. The first-order valence-electron chi connectivity index (χ1n) is 12.1. The van der Waals surface area contributed by atoms with Crippen molar-refractivity contribution >= 4 is 17.1 Å². The Balaban J connectivity index is 1.58. The van der Waals surface area contributed by atoms with Crippen LogP contribution in [0.1, 0.15) is 58.7 Å². The number of hydrogen-bond donors (Lipinski definition) is 2. The van der Waals surface area contributed by atoms with Gasteiger partial charge in [-0.15, -0.1) is 0 Å². The number of hydrogen-bond acceptors (Lipinski definition) is 6. The van der Waals surface area contributed by atoms with Crippen LogP contribution in [0.2, 0.25) is 0 Å². The Morgan fingerprint density at radius 1 is 1.24 bits per heavy atom. The highest BCUT2D eigenvalue weighted by Gasteiger charge is 2.26. The lowest BCUT2D eigenvalue weighted by atomic mass is 9.96. The molecule has 2 aromatic heterocycles. The molecule has 2 aromatic rings. The first-order valence-corrected chi connectivity index (χ1v) is 12.1. The van der Waals surface area contributed by atoms with Gasteiger partial charge in [0.25, 0.3) is 5.56 Å². The minimum Gasteiger partial charge on any atom is -0.379 e. The van der Waals surface area contributed by atoms with Crippen molar-refractivity contribution in [2.75, 3.05) is 26.2 Å². The number of rotatable bonds is 11. The minimum absolute atomic E-state index is 0.0229. The Labute approximate surface area is 194 Å². The summed E-state index contributed by atoms with van der Waals surface area (Å²) in [5, 5.41) is 3.03. The summed E-state index contributed by atoms with van der Waals surface area (Å²) in [6.45, 7) is 10.0. The van der Waals surface area contributed by atoms with Crippen molar-refractivity contribution < 1.29 is 9.53 Å². The van der Waals surface area contributed by atoms with E-state index in [1.165, 1.54) is 0 Å². The summed E-state index contributed by atoms with van der Waals surface area (Å²) in [4.78, 5) is 46.6. The van der Waals surface area contributed by atoms with Gasteiger partial charge in [-0.3, -0.25) is 24.0 Å². The summed E-state index contributed by atoms with van der Waals surface area (Å²) in [5.74, 6) is 0.891. The van der Waals surface area contributed by atoms with Crippen LogP contribution in [0.4, 0.5) is 0 Å². The number of nitrogens with one attached hydrogen (secondary N) is 2. The molecule has 0 aliphatic carbocycles. The van der Waals surface area contributed by atoms with Gasteiger partial charge in [0.05, 0.1) is 12.6 Å². The SMILES string of the molecule is CCCCn1c(=O)[nH]c(=O)c2c1nc(CN1CCC(C(=O)NCCCOC(C)C)CC1)n2C. The highest BCUT2D eigenvalue weighted by atomic mass is 16.5. The molecule has 1 aliphatic rings. The third-order valence-electron chi connectivity index (χ3n) is 6.24. The second kappa shape index (κ2) is 11.6. The number of ether oxygens (including phenoxy) is 1. The third-order valence-corrected chi connectivity index (χ3v) is 6.24. The van der Waals surface area contributed by atoms with Crippen LogP contribution in [0.25, 0.3) is 11.2 Å².